The molecule has 0 amide bonds. The summed E-state index contributed by atoms with van der Waals surface area (Å²) in [5, 5.41) is 17.9. The largest absolute Gasteiger partial charge is 0.542 e. The van der Waals surface area contributed by atoms with Crippen LogP contribution in [0.3, 0.4) is 0 Å². The van der Waals surface area contributed by atoms with Crippen LogP contribution < -0.4 is 5.11 Å². The summed E-state index contributed by atoms with van der Waals surface area (Å²) in [7, 11) is 0. The molecule has 1 aromatic rings. The standard InChI is InChI=1S/C11H14O2.C2HF3O2/c12-11-5-3-9(4-6-11)10-2-1-7-13-8-10;3-2(4,5)1(6)7/h3-6,10,12H,1-2,7-8H2;(H,6,7)/p-1. The Kier molecular flexibility index (Phi) is 5.82. The predicted molar refractivity (Wildman–Crippen MR) is 62.0 cm³/mol. The first-order valence-corrected chi connectivity index (χ1v) is 5.95. The maximum Gasteiger partial charge on any atom is 0.430 e. The second kappa shape index (κ2) is 7.14. The van der Waals surface area contributed by atoms with Crippen molar-refractivity contribution in [3.05, 3.63) is 29.8 Å². The van der Waals surface area contributed by atoms with E-state index in [4.69, 9.17) is 19.7 Å². The highest BCUT2D eigenvalue weighted by Crippen LogP contribution is 2.26. The van der Waals surface area contributed by atoms with Crippen LogP contribution in [-0.4, -0.2) is 30.5 Å². The van der Waals surface area contributed by atoms with Crippen molar-refractivity contribution in [3.8, 4) is 5.75 Å². The lowest BCUT2D eigenvalue weighted by Crippen LogP contribution is -2.37. The van der Waals surface area contributed by atoms with Gasteiger partial charge in [0.15, 0.2) is 0 Å². The molecule has 0 radical (unpaired) electrons. The second-order valence-electron chi connectivity index (χ2n) is 4.29. The van der Waals surface area contributed by atoms with Crippen molar-refractivity contribution in [1.29, 1.82) is 0 Å². The molecule has 1 fully saturated rings. The van der Waals surface area contributed by atoms with Crippen molar-refractivity contribution in [2.24, 2.45) is 0 Å². The number of carboxylic acids is 1. The van der Waals surface area contributed by atoms with Crippen molar-refractivity contribution < 1.29 is 32.9 Å². The summed E-state index contributed by atoms with van der Waals surface area (Å²) in [5.74, 6) is -2.15. The smallest absolute Gasteiger partial charge is 0.430 e. The predicted octanol–water partition coefficient (Wildman–Crippen LogP) is 1.58. The average molecular weight is 291 g/mol. The van der Waals surface area contributed by atoms with Crippen LogP contribution in [0.1, 0.15) is 24.3 Å². The zero-order chi connectivity index (χ0) is 15.2. The number of carbonyl (C=O) groups excluding carboxylic acids is 1. The third-order valence-corrected chi connectivity index (χ3v) is 2.76. The number of hydrogen-bond donors (Lipinski definition) is 1. The van der Waals surface area contributed by atoms with Gasteiger partial charge in [0.2, 0.25) is 0 Å². The van der Waals surface area contributed by atoms with E-state index in [-0.39, 0.29) is 0 Å². The van der Waals surface area contributed by atoms with Gasteiger partial charge in [0.25, 0.3) is 0 Å². The molecule has 2 rings (SSSR count). The molecule has 0 bridgehead atoms. The normalized spacial score (nSPS) is 18.9. The number of ether oxygens (including phenoxy) is 1. The Bertz CT molecular complexity index is 422. The van der Waals surface area contributed by atoms with Gasteiger partial charge >= 0.3 is 6.18 Å². The summed E-state index contributed by atoms with van der Waals surface area (Å²) < 4.78 is 37.0. The van der Waals surface area contributed by atoms with E-state index in [9.17, 15) is 13.2 Å². The third kappa shape index (κ3) is 5.48. The number of phenols is 1. The van der Waals surface area contributed by atoms with Gasteiger partial charge in [0.05, 0.1) is 6.61 Å². The van der Waals surface area contributed by atoms with Crippen LogP contribution in [0.4, 0.5) is 13.2 Å². The van der Waals surface area contributed by atoms with E-state index in [1.165, 1.54) is 12.0 Å². The number of benzene rings is 1. The van der Waals surface area contributed by atoms with Crippen LogP contribution in [-0.2, 0) is 9.53 Å². The molecule has 0 saturated carbocycles. The minimum atomic E-state index is -5.19. The van der Waals surface area contributed by atoms with Gasteiger partial charge in [-0.3, -0.25) is 0 Å². The molecule has 1 heterocycles. The van der Waals surface area contributed by atoms with Crippen LogP contribution in [0.2, 0.25) is 0 Å². The van der Waals surface area contributed by atoms with E-state index in [0.29, 0.717) is 11.7 Å². The summed E-state index contributed by atoms with van der Waals surface area (Å²) >= 11 is 0. The first kappa shape index (κ1) is 16.3. The van der Waals surface area contributed by atoms with Gasteiger partial charge in [-0.05, 0) is 30.5 Å². The first-order chi connectivity index (χ1) is 9.30. The second-order valence-corrected chi connectivity index (χ2v) is 4.29. The Morgan fingerprint density at radius 1 is 1.30 bits per heavy atom. The molecular weight excluding hydrogens is 277 g/mol. The topological polar surface area (TPSA) is 69.6 Å². The van der Waals surface area contributed by atoms with E-state index in [2.05, 4.69) is 0 Å². The van der Waals surface area contributed by atoms with Crippen LogP contribution in [0.5, 0.6) is 5.75 Å². The zero-order valence-corrected chi connectivity index (χ0v) is 10.5. The SMILES string of the molecule is O=C([O-])C(F)(F)F.Oc1ccc(C2CCCOC2)cc1. The van der Waals surface area contributed by atoms with Crippen molar-refractivity contribution in [2.75, 3.05) is 13.2 Å². The van der Waals surface area contributed by atoms with Gasteiger partial charge in [0, 0.05) is 12.5 Å². The molecule has 0 spiro atoms. The number of carbonyl (C=O) groups is 1. The summed E-state index contributed by atoms with van der Waals surface area (Å²) in [4.78, 5) is 8.78. The molecule has 112 valence electrons. The summed E-state index contributed by atoms with van der Waals surface area (Å²) in [6, 6.07) is 7.44. The number of phenolic OH excluding ortho intramolecular Hbond substituents is 1. The Labute approximate surface area is 113 Å². The molecule has 1 aromatic carbocycles. The molecule has 0 aliphatic carbocycles. The fraction of sp³-hybridized carbons (Fsp3) is 0.462. The maximum atomic E-state index is 10.5. The van der Waals surface area contributed by atoms with Crippen molar-refractivity contribution in [3.63, 3.8) is 0 Å². The Balaban J connectivity index is 0.000000246. The highest BCUT2D eigenvalue weighted by atomic mass is 19.4. The minimum Gasteiger partial charge on any atom is -0.542 e. The third-order valence-electron chi connectivity index (χ3n) is 2.76. The summed E-state index contributed by atoms with van der Waals surface area (Å²) in [6.07, 6.45) is -2.85. The number of halogens is 3. The van der Waals surface area contributed by atoms with Crippen molar-refractivity contribution in [1.82, 2.24) is 0 Å². The number of rotatable bonds is 1. The minimum absolute atomic E-state index is 0.334. The molecule has 1 N–H and O–H groups in total. The summed E-state index contributed by atoms with van der Waals surface area (Å²) in [6.45, 7) is 1.72. The van der Waals surface area contributed by atoms with Crippen LogP contribution >= 0.6 is 0 Å². The van der Waals surface area contributed by atoms with Crippen LogP contribution in [0.15, 0.2) is 24.3 Å². The van der Waals surface area contributed by atoms with E-state index >= 15 is 0 Å². The lowest BCUT2D eigenvalue weighted by Gasteiger charge is -2.22. The van der Waals surface area contributed by atoms with E-state index in [0.717, 1.165) is 19.6 Å². The van der Waals surface area contributed by atoms with Crippen LogP contribution in [0, 0.1) is 0 Å². The molecule has 4 nitrogen and oxygen atoms in total. The number of alkyl halides is 3. The molecule has 1 unspecified atom stereocenters. The maximum absolute atomic E-state index is 10.5. The summed E-state index contributed by atoms with van der Waals surface area (Å²) in [5.41, 5.74) is 1.28. The highest BCUT2D eigenvalue weighted by Gasteiger charge is 2.28. The Morgan fingerprint density at radius 2 is 1.85 bits per heavy atom. The molecule has 1 aliphatic rings. The molecule has 7 heteroatoms. The van der Waals surface area contributed by atoms with Crippen LogP contribution in [0.25, 0.3) is 0 Å². The zero-order valence-electron chi connectivity index (χ0n) is 10.5. The van der Waals surface area contributed by atoms with Gasteiger partial charge in [-0.2, -0.15) is 13.2 Å². The highest BCUT2D eigenvalue weighted by molar-refractivity contribution is 5.70. The molecule has 0 aromatic heterocycles. The molecule has 1 saturated heterocycles. The molecular formula is C13H14F3O4-. The number of carboxylic acid groups (broad SMARTS) is 1. The molecule has 1 atom stereocenters. The fourth-order valence-corrected chi connectivity index (χ4v) is 1.75. The van der Waals surface area contributed by atoms with E-state index in [1.807, 2.05) is 12.1 Å². The number of aliphatic carboxylic acids is 1. The average Bonchev–Trinajstić information content (AvgIpc) is 2.40. The number of hydrogen-bond acceptors (Lipinski definition) is 4. The van der Waals surface area contributed by atoms with Gasteiger partial charge < -0.3 is 19.7 Å². The first-order valence-electron chi connectivity index (χ1n) is 5.95. The molecule has 20 heavy (non-hydrogen) atoms. The Morgan fingerprint density at radius 3 is 2.25 bits per heavy atom. The monoisotopic (exact) mass is 291 g/mol. The van der Waals surface area contributed by atoms with Gasteiger partial charge in [-0.15, -0.1) is 0 Å². The quantitative estimate of drug-likeness (QED) is 0.853. The van der Waals surface area contributed by atoms with Gasteiger partial charge in [-0.1, -0.05) is 12.1 Å². The van der Waals surface area contributed by atoms with E-state index in [1.54, 1.807) is 12.1 Å². The lowest BCUT2D eigenvalue weighted by atomic mass is 9.94. The van der Waals surface area contributed by atoms with Crippen molar-refractivity contribution in [2.45, 2.75) is 24.9 Å². The van der Waals surface area contributed by atoms with Crippen molar-refractivity contribution >= 4 is 5.97 Å². The Hall–Kier alpha value is -1.76. The number of aromatic hydroxyl groups is 1. The lowest BCUT2D eigenvalue weighted by molar-refractivity contribution is -0.344. The molecule has 1 aliphatic heterocycles. The fourth-order valence-electron chi connectivity index (χ4n) is 1.75. The van der Waals surface area contributed by atoms with Gasteiger partial charge in [-0.25, -0.2) is 0 Å². The van der Waals surface area contributed by atoms with E-state index < -0.39 is 12.1 Å². The van der Waals surface area contributed by atoms with Gasteiger partial charge in [0.1, 0.15) is 11.7 Å².